The lowest BCUT2D eigenvalue weighted by Gasteiger charge is -2.17. The van der Waals surface area contributed by atoms with E-state index in [2.05, 4.69) is 15.9 Å². The van der Waals surface area contributed by atoms with Crippen LogP contribution in [0.1, 0.15) is 20.3 Å². The molecule has 0 fully saturated rings. The number of carboxylic acid groups (broad SMARTS) is 1. The minimum atomic E-state index is -1.15. The average molecular weight is 323 g/mol. The number of nitroso groups, excluding NO2 is 1. The number of hydrogen-bond donors (Lipinski definition) is 3. The van der Waals surface area contributed by atoms with Gasteiger partial charge in [-0.15, -0.1) is 16.5 Å². The van der Waals surface area contributed by atoms with E-state index in [9.17, 15) is 19.3 Å². The molecular weight excluding hydrogens is 304 g/mol. The Bertz CT molecular complexity index is 391. The monoisotopic (exact) mass is 322 g/mol. The van der Waals surface area contributed by atoms with Crippen molar-refractivity contribution in [3.63, 3.8) is 0 Å². The number of rotatable bonds is 9. The first-order chi connectivity index (χ1) is 9.81. The molecule has 120 valence electrons. The Hall–Kier alpha value is -1.90. The number of nitrogens with one attached hydrogen (secondary N) is 2. The van der Waals surface area contributed by atoms with Crippen LogP contribution in [0, 0.1) is 10.8 Å². The van der Waals surface area contributed by atoms with Crippen molar-refractivity contribution in [3.8, 4) is 0 Å². The zero-order chi connectivity index (χ0) is 16.4. The summed E-state index contributed by atoms with van der Waals surface area (Å²) >= 11 is 5.37. The molecule has 0 rings (SSSR count). The molecule has 0 heterocycles. The number of amides is 3. The van der Waals surface area contributed by atoms with Crippen LogP contribution in [-0.2, 0) is 9.59 Å². The number of carbonyl (C=O) groups is 3. The molecule has 0 aromatic carbocycles. The number of carboxylic acids is 1. The summed E-state index contributed by atoms with van der Waals surface area (Å²) in [5.41, 5.74) is 0. The van der Waals surface area contributed by atoms with Crippen LogP contribution in [0.5, 0.6) is 0 Å². The van der Waals surface area contributed by atoms with E-state index < -0.39 is 30.5 Å². The summed E-state index contributed by atoms with van der Waals surface area (Å²) in [7, 11) is 0. The molecule has 0 aliphatic heterocycles. The van der Waals surface area contributed by atoms with Crippen LogP contribution in [0.4, 0.5) is 4.79 Å². The van der Waals surface area contributed by atoms with E-state index in [1.165, 1.54) is 0 Å². The van der Waals surface area contributed by atoms with Gasteiger partial charge in [0, 0.05) is 5.88 Å². The lowest BCUT2D eigenvalue weighted by molar-refractivity contribution is -0.142. The van der Waals surface area contributed by atoms with Crippen LogP contribution in [0.25, 0.3) is 0 Å². The molecule has 3 N–H and O–H groups in total. The molecule has 0 spiro atoms. The second-order valence-electron chi connectivity index (χ2n) is 4.64. The second kappa shape index (κ2) is 9.92. The number of aliphatic carboxylic acids is 1. The topological polar surface area (TPSA) is 128 Å². The molecule has 0 saturated heterocycles. The summed E-state index contributed by atoms with van der Waals surface area (Å²) in [5.74, 6) is -1.73. The molecule has 10 heteroatoms. The highest BCUT2D eigenvalue weighted by molar-refractivity contribution is 6.18. The molecule has 0 unspecified atom stereocenters. The van der Waals surface area contributed by atoms with Crippen LogP contribution in [0.3, 0.4) is 0 Å². The SMILES string of the molecule is CC(C)C[C@H](NC(=O)CNC(=O)N(CCCl)N=O)C(=O)O. The van der Waals surface area contributed by atoms with Crippen molar-refractivity contribution in [3.05, 3.63) is 4.91 Å². The van der Waals surface area contributed by atoms with E-state index in [1.54, 1.807) is 0 Å². The fourth-order valence-corrected chi connectivity index (χ4v) is 1.61. The zero-order valence-corrected chi connectivity index (χ0v) is 12.6. The predicted molar refractivity (Wildman–Crippen MR) is 75.6 cm³/mol. The fourth-order valence-electron chi connectivity index (χ4n) is 1.44. The molecule has 0 aromatic rings. The first-order valence-electron chi connectivity index (χ1n) is 6.28. The Labute approximate surface area is 126 Å². The normalized spacial score (nSPS) is 11.6. The van der Waals surface area contributed by atoms with Crippen LogP contribution < -0.4 is 10.6 Å². The summed E-state index contributed by atoms with van der Waals surface area (Å²) in [6.07, 6.45) is 0.267. The highest BCUT2D eigenvalue weighted by Crippen LogP contribution is 2.04. The van der Waals surface area contributed by atoms with Gasteiger partial charge < -0.3 is 15.7 Å². The number of urea groups is 1. The van der Waals surface area contributed by atoms with E-state index in [1.807, 2.05) is 13.8 Å². The maximum Gasteiger partial charge on any atom is 0.340 e. The van der Waals surface area contributed by atoms with Gasteiger partial charge in [0.1, 0.15) is 6.04 Å². The Balaban J connectivity index is 4.32. The minimum absolute atomic E-state index is 0.0147. The third-order valence-electron chi connectivity index (χ3n) is 2.37. The van der Waals surface area contributed by atoms with Crippen molar-refractivity contribution < 1.29 is 19.5 Å². The van der Waals surface area contributed by atoms with Crippen LogP contribution >= 0.6 is 11.6 Å². The third-order valence-corrected chi connectivity index (χ3v) is 2.54. The van der Waals surface area contributed by atoms with Crippen molar-refractivity contribution in [2.24, 2.45) is 11.2 Å². The molecule has 9 nitrogen and oxygen atoms in total. The maximum absolute atomic E-state index is 11.6. The van der Waals surface area contributed by atoms with Crippen molar-refractivity contribution in [2.45, 2.75) is 26.3 Å². The van der Waals surface area contributed by atoms with Crippen LogP contribution in [-0.4, -0.2) is 53.0 Å². The van der Waals surface area contributed by atoms with E-state index in [-0.39, 0.29) is 24.8 Å². The first-order valence-corrected chi connectivity index (χ1v) is 6.82. The van der Waals surface area contributed by atoms with Gasteiger partial charge in [0.15, 0.2) is 0 Å². The van der Waals surface area contributed by atoms with E-state index in [0.717, 1.165) is 0 Å². The molecule has 0 aliphatic carbocycles. The molecule has 0 aromatic heterocycles. The van der Waals surface area contributed by atoms with Gasteiger partial charge >= 0.3 is 12.0 Å². The highest BCUT2D eigenvalue weighted by atomic mass is 35.5. The van der Waals surface area contributed by atoms with Gasteiger partial charge in [0.25, 0.3) is 0 Å². The Morgan fingerprint density at radius 2 is 1.95 bits per heavy atom. The zero-order valence-electron chi connectivity index (χ0n) is 11.8. The molecule has 0 aliphatic rings. The number of alkyl halides is 1. The molecule has 0 radical (unpaired) electrons. The van der Waals surface area contributed by atoms with Crippen LogP contribution in [0.2, 0.25) is 0 Å². The maximum atomic E-state index is 11.6. The van der Waals surface area contributed by atoms with E-state index >= 15 is 0 Å². The van der Waals surface area contributed by atoms with Gasteiger partial charge in [0.2, 0.25) is 5.91 Å². The van der Waals surface area contributed by atoms with Gasteiger partial charge in [-0.2, -0.15) is 5.01 Å². The van der Waals surface area contributed by atoms with Crippen molar-refractivity contribution >= 4 is 29.5 Å². The summed E-state index contributed by atoms with van der Waals surface area (Å²) in [6, 6.07) is -1.91. The lowest BCUT2D eigenvalue weighted by atomic mass is 10.0. The third kappa shape index (κ3) is 8.08. The lowest BCUT2D eigenvalue weighted by Crippen LogP contribution is -2.47. The second-order valence-corrected chi connectivity index (χ2v) is 5.02. The number of halogens is 1. The summed E-state index contributed by atoms with van der Waals surface area (Å²) < 4.78 is 0. The van der Waals surface area contributed by atoms with Crippen molar-refractivity contribution in [2.75, 3.05) is 19.0 Å². The Morgan fingerprint density at radius 1 is 1.33 bits per heavy atom. The summed E-state index contributed by atoms with van der Waals surface area (Å²) in [4.78, 5) is 44.3. The van der Waals surface area contributed by atoms with E-state index in [4.69, 9.17) is 16.7 Å². The highest BCUT2D eigenvalue weighted by Gasteiger charge is 2.21. The van der Waals surface area contributed by atoms with Gasteiger partial charge in [-0.1, -0.05) is 13.8 Å². The number of hydrogen-bond acceptors (Lipinski definition) is 5. The molecule has 0 bridgehead atoms. The van der Waals surface area contributed by atoms with Gasteiger partial charge in [-0.05, 0) is 12.3 Å². The molecular formula is C11H19ClN4O5. The quantitative estimate of drug-likeness (QED) is 0.324. The standard InChI is InChI=1S/C11H19ClN4O5/c1-7(2)5-8(10(18)19)14-9(17)6-13-11(20)16(15-21)4-3-12/h7-8H,3-6H2,1-2H3,(H,13,20)(H,14,17)(H,18,19)/t8-/m0/s1. The predicted octanol–water partition coefficient (Wildman–Crippen LogP) is 0.534. The molecule has 3 amide bonds. The first kappa shape index (κ1) is 19.1. The number of carbonyl (C=O) groups excluding carboxylic acids is 2. The smallest absolute Gasteiger partial charge is 0.340 e. The molecule has 1 atom stereocenters. The largest absolute Gasteiger partial charge is 0.480 e. The van der Waals surface area contributed by atoms with Crippen molar-refractivity contribution in [1.82, 2.24) is 15.6 Å². The average Bonchev–Trinajstić information content (AvgIpc) is 2.40. The van der Waals surface area contributed by atoms with Crippen LogP contribution in [0.15, 0.2) is 5.29 Å². The summed E-state index contributed by atoms with van der Waals surface area (Å²) in [5, 5.41) is 16.4. The van der Waals surface area contributed by atoms with E-state index in [0.29, 0.717) is 5.01 Å². The van der Waals surface area contributed by atoms with Gasteiger partial charge in [-0.25, -0.2) is 9.59 Å². The number of nitrogens with zero attached hydrogens (tertiary/aromatic N) is 2. The fraction of sp³-hybridized carbons (Fsp3) is 0.727. The summed E-state index contributed by atoms with van der Waals surface area (Å²) in [6.45, 7) is 3.09. The van der Waals surface area contributed by atoms with Crippen molar-refractivity contribution in [1.29, 1.82) is 0 Å². The van der Waals surface area contributed by atoms with Gasteiger partial charge in [0.05, 0.1) is 18.4 Å². The Kier molecular flexibility index (Phi) is 9.02. The molecule has 0 saturated carbocycles. The van der Waals surface area contributed by atoms with Gasteiger partial charge in [-0.3, -0.25) is 4.79 Å². The molecule has 21 heavy (non-hydrogen) atoms. The Morgan fingerprint density at radius 3 is 2.38 bits per heavy atom. The minimum Gasteiger partial charge on any atom is -0.480 e.